The van der Waals surface area contributed by atoms with Crippen LogP contribution < -0.4 is 10.1 Å². The van der Waals surface area contributed by atoms with Gasteiger partial charge in [-0.25, -0.2) is 0 Å². The maximum absolute atomic E-state index is 13.0. The van der Waals surface area contributed by atoms with Crippen LogP contribution in [-0.2, 0) is 11.8 Å². The van der Waals surface area contributed by atoms with E-state index in [1.165, 1.54) is 0 Å². The van der Waals surface area contributed by atoms with Crippen molar-refractivity contribution < 1.29 is 19.4 Å². The zero-order valence-corrected chi connectivity index (χ0v) is 20.4. The maximum atomic E-state index is 13.0. The number of carbonyl (C=O) groups excluding carboxylic acids is 2. The Bertz CT molecular complexity index is 1250. The highest BCUT2D eigenvalue weighted by Crippen LogP contribution is 2.34. The molecule has 0 spiro atoms. The van der Waals surface area contributed by atoms with Crippen molar-refractivity contribution in [2.75, 3.05) is 19.6 Å². The number of ether oxygens (including phenoxy) is 1. The fraction of sp³-hybridized carbons (Fsp3) is 0.423. The van der Waals surface area contributed by atoms with Crippen molar-refractivity contribution in [3.05, 3.63) is 58.7 Å². The van der Waals surface area contributed by atoms with Gasteiger partial charge in [-0.1, -0.05) is 29.8 Å². The highest BCUT2D eigenvalue weighted by Gasteiger charge is 2.30. The topological polar surface area (TPSA) is 96.7 Å². The number of aryl methyl sites for hydroxylation is 1. The summed E-state index contributed by atoms with van der Waals surface area (Å²) in [6.07, 6.45) is 5.05. The number of amides is 1. The van der Waals surface area contributed by atoms with E-state index in [-0.39, 0.29) is 11.7 Å². The molecule has 1 aromatic heterocycles. The number of aliphatic hydroxyl groups is 1. The number of aromatic nitrogens is 2. The van der Waals surface area contributed by atoms with Gasteiger partial charge in [0.25, 0.3) is 5.91 Å². The molecule has 2 N–H and O–H groups in total. The SMILES string of the molecule is Cn1ncc2ccc(C(=O)C(=O)NC(CN3CCCC3)C(O)c3ccc(OC4CC4)c(Cl)c3)cc21. The van der Waals surface area contributed by atoms with Crippen molar-refractivity contribution in [2.45, 2.75) is 43.9 Å². The van der Waals surface area contributed by atoms with Gasteiger partial charge >= 0.3 is 0 Å². The zero-order chi connectivity index (χ0) is 24.5. The molecular weight excluding hydrogens is 468 g/mol. The minimum atomic E-state index is -1.04. The van der Waals surface area contributed by atoms with Crippen molar-refractivity contribution in [1.82, 2.24) is 20.0 Å². The fourth-order valence-electron chi connectivity index (χ4n) is 4.51. The predicted octanol–water partition coefficient (Wildman–Crippen LogP) is 3.26. The second kappa shape index (κ2) is 9.97. The van der Waals surface area contributed by atoms with E-state index < -0.39 is 23.8 Å². The number of ketones is 1. The van der Waals surface area contributed by atoms with Crippen molar-refractivity contribution in [3.63, 3.8) is 0 Å². The number of Topliss-reactive ketones (excluding diaryl/α,β-unsaturated/α-hetero) is 1. The third kappa shape index (κ3) is 5.34. The van der Waals surface area contributed by atoms with Gasteiger partial charge in [-0.05, 0) is 62.5 Å². The van der Waals surface area contributed by atoms with Gasteiger partial charge in [0.2, 0.25) is 5.78 Å². The van der Waals surface area contributed by atoms with E-state index in [1.807, 2.05) is 0 Å². The molecule has 1 aliphatic carbocycles. The molecule has 3 aromatic rings. The van der Waals surface area contributed by atoms with E-state index in [9.17, 15) is 14.7 Å². The van der Waals surface area contributed by atoms with Crippen LogP contribution in [0.2, 0.25) is 5.02 Å². The Balaban J connectivity index is 1.34. The standard InChI is InChI=1S/C26H29ClN4O4/c1-30-22-13-17(4-5-18(22)14-28-30)25(33)26(34)29-21(15-31-10-2-3-11-31)24(32)16-6-9-23(20(27)12-16)35-19-7-8-19/h4-6,9,12-14,19,21,24,32H,2-3,7-8,10-11,15H2,1H3,(H,29,34). The smallest absolute Gasteiger partial charge is 0.292 e. The number of likely N-dealkylation sites (tertiary alicyclic amines) is 1. The second-order valence-corrected chi connectivity index (χ2v) is 9.82. The molecule has 8 nitrogen and oxygen atoms in total. The monoisotopic (exact) mass is 496 g/mol. The van der Waals surface area contributed by atoms with Crippen molar-refractivity contribution in [2.24, 2.45) is 7.05 Å². The number of benzene rings is 2. The molecule has 1 saturated heterocycles. The molecule has 2 atom stereocenters. The Kier molecular flexibility index (Phi) is 6.77. The van der Waals surface area contributed by atoms with Gasteiger partial charge in [0.05, 0.1) is 28.9 Å². The first-order valence-corrected chi connectivity index (χ1v) is 12.4. The van der Waals surface area contributed by atoms with Crippen LogP contribution >= 0.6 is 11.6 Å². The highest BCUT2D eigenvalue weighted by molar-refractivity contribution is 6.43. The quantitative estimate of drug-likeness (QED) is 0.348. The Morgan fingerprint density at radius 1 is 1.20 bits per heavy atom. The van der Waals surface area contributed by atoms with Crippen molar-refractivity contribution >= 4 is 34.2 Å². The van der Waals surface area contributed by atoms with Crippen LogP contribution in [0.15, 0.2) is 42.6 Å². The zero-order valence-electron chi connectivity index (χ0n) is 19.6. The second-order valence-electron chi connectivity index (χ2n) is 9.41. The molecule has 5 rings (SSSR count). The van der Waals surface area contributed by atoms with Gasteiger partial charge < -0.3 is 20.1 Å². The predicted molar refractivity (Wildman–Crippen MR) is 133 cm³/mol. The lowest BCUT2D eigenvalue weighted by Gasteiger charge is -2.28. The van der Waals surface area contributed by atoms with Crippen LogP contribution in [0, 0.1) is 0 Å². The van der Waals surface area contributed by atoms with Crippen LogP contribution in [0.3, 0.4) is 0 Å². The van der Waals surface area contributed by atoms with E-state index in [4.69, 9.17) is 16.3 Å². The highest BCUT2D eigenvalue weighted by atomic mass is 35.5. The van der Waals surface area contributed by atoms with Gasteiger partial charge in [0, 0.05) is 24.5 Å². The van der Waals surface area contributed by atoms with Gasteiger partial charge in [-0.15, -0.1) is 0 Å². The molecule has 184 valence electrons. The molecule has 1 saturated carbocycles. The number of hydrogen-bond acceptors (Lipinski definition) is 6. The van der Waals surface area contributed by atoms with Gasteiger partial charge in [0.15, 0.2) is 0 Å². The molecule has 2 fully saturated rings. The number of carbonyl (C=O) groups is 2. The summed E-state index contributed by atoms with van der Waals surface area (Å²) in [6, 6.07) is 9.55. The normalized spacial score (nSPS) is 17.9. The minimum absolute atomic E-state index is 0.210. The Hall–Kier alpha value is -2.94. The van der Waals surface area contributed by atoms with Crippen LogP contribution in [0.4, 0.5) is 0 Å². The van der Waals surface area contributed by atoms with E-state index in [1.54, 1.807) is 54.3 Å². The lowest BCUT2D eigenvalue weighted by atomic mass is 10.0. The van der Waals surface area contributed by atoms with Gasteiger partial charge in [-0.2, -0.15) is 5.10 Å². The van der Waals surface area contributed by atoms with Crippen molar-refractivity contribution in [3.8, 4) is 5.75 Å². The van der Waals surface area contributed by atoms with E-state index in [0.29, 0.717) is 22.9 Å². The van der Waals surface area contributed by atoms with Crippen LogP contribution in [0.25, 0.3) is 10.9 Å². The first-order chi connectivity index (χ1) is 16.9. The van der Waals surface area contributed by atoms with E-state index >= 15 is 0 Å². The number of hydrogen-bond donors (Lipinski definition) is 2. The van der Waals surface area contributed by atoms with Crippen LogP contribution in [-0.4, -0.2) is 63.3 Å². The molecule has 9 heteroatoms. The van der Waals surface area contributed by atoms with Crippen LogP contribution in [0.5, 0.6) is 5.75 Å². The Morgan fingerprint density at radius 2 is 1.97 bits per heavy atom. The minimum Gasteiger partial charge on any atom is -0.489 e. The number of halogens is 1. The first kappa shape index (κ1) is 23.8. The third-order valence-corrected chi connectivity index (χ3v) is 6.98. The molecule has 0 bridgehead atoms. The summed E-state index contributed by atoms with van der Waals surface area (Å²) in [6.45, 7) is 2.21. The molecule has 1 amide bonds. The third-order valence-electron chi connectivity index (χ3n) is 6.68. The Labute approximate surface area is 208 Å². The van der Waals surface area contributed by atoms with Gasteiger partial charge in [-0.3, -0.25) is 14.3 Å². The molecular formula is C26H29ClN4O4. The van der Waals surface area contributed by atoms with Crippen LogP contribution in [0.1, 0.15) is 47.7 Å². The molecule has 35 heavy (non-hydrogen) atoms. The number of fused-ring (bicyclic) bond motifs is 1. The maximum Gasteiger partial charge on any atom is 0.292 e. The summed E-state index contributed by atoms with van der Waals surface area (Å²) in [5.41, 5.74) is 1.60. The summed E-state index contributed by atoms with van der Waals surface area (Å²) in [5, 5.41) is 19.5. The largest absolute Gasteiger partial charge is 0.489 e. The first-order valence-electron chi connectivity index (χ1n) is 12.0. The molecule has 2 aliphatic rings. The summed E-state index contributed by atoms with van der Waals surface area (Å²) < 4.78 is 7.45. The molecule has 2 unspecified atom stereocenters. The van der Waals surface area contributed by atoms with E-state index in [0.717, 1.165) is 49.7 Å². The summed E-state index contributed by atoms with van der Waals surface area (Å²) in [5.74, 6) is -0.821. The lowest BCUT2D eigenvalue weighted by Crippen LogP contribution is -2.48. The molecule has 2 aromatic carbocycles. The molecule has 0 radical (unpaired) electrons. The Morgan fingerprint density at radius 3 is 2.69 bits per heavy atom. The number of rotatable bonds is 9. The van der Waals surface area contributed by atoms with Gasteiger partial charge in [0.1, 0.15) is 11.9 Å². The summed E-state index contributed by atoms with van der Waals surface area (Å²) >= 11 is 6.41. The average molecular weight is 497 g/mol. The molecule has 1 aliphatic heterocycles. The number of nitrogens with zero attached hydrogens (tertiary/aromatic N) is 3. The molecule has 2 heterocycles. The number of aliphatic hydroxyl groups excluding tert-OH is 1. The average Bonchev–Trinajstić information content (AvgIpc) is 3.38. The summed E-state index contributed by atoms with van der Waals surface area (Å²) in [7, 11) is 1.78. The number of nitrogens with one attached hydrogen (secondary N) is 1. The lowest BCUT2D eigenvalue weighted by molar-refractivity contribution is -0.118. The fourth-order valence-corrected chi connectivity index (χ4v) is 4.75. The van der Waals surface area contributed by atoms with Crippen molar-refractivity contribution in [1.29, 1.82) is 0 Å². The van der Waals surface area contributed by atoms with E-state index in [2.05, 4.69) is 15.3 Å². The summed E-state index contributed by atoms with van der Waals surface area (Å²) in [4.78, 5) is 28.2.